The van der Waals surface area contributed by atoms with Gasteiger partial charge in [-0.15, -0.1) is 0 Å². The van der Waals surface area contributed by atoms with Crippen LogP contribution >= 0.6 is 0 Å². The quantitative estimate of drug-likeness (QED) is 0.871. The Bertz CT molecular complexity index is 502. The first-order valence-electron chi connectivity index (χ1n) is 6.98. The van der Waals surface area contributed by atoms with Crippen LogP contribution in [0.2, 0.25) is 0 Å². The van der Waals surface area contributed by atoms with Crippen molar-refractivity contribution >= 4 is 23.3 Å². The number of rotatable bonds is 2. The van der Waals surface area contributed by atoms with Crippen LogP contribution in [0.25, 0.3) is 0 Å². The number of amides is 3. The Morgan fingerprint density at radius 1 is 1.25 bits per heavy atom. The molecule has 0 bridgehead atoms. The maximum atomic E-state index is 12.2. The number of anilines is 2. The molecule has 0 aliphatic carbocycles. The van der Waals surface area contributed by atoms with Gasteiger partial charge in [-0.05, 0) is 37.0 Å². The molecule has 1 atom stereocenters. The van der Waals surface area contributed by atoms with Crippen molar-refractivity contribution in [2.45, 2.75) is 26.7 Å². The van der Waals surface area contributed by atoms with E-state index in [1.54, 1.807) is 18.2 Å². The van der Waals surface area contributed by atoms with Crippen molar-refractivity contribution in [3.63, 3.8) is 0 Å². The van der Waals surface area contributed by atoms with Crippen LogP contribution in [0, 0.1) is 5.92 Å². The van der Waals surface area contributed by atoms with Gasteiger partial charge in [-0.25, -0.2) is 4.79 Å². The molecule has 1 fully saturated rings. The fraction of sp³-hybridized carbons (Fsp3) is 0.467. The molecule has 108 valence electrons. The summed E-state index contributed by atoms with van der Waals surface area (Å²) in [6.45, 7) is 5.23. The minimum Gasteiger partial charge on any atom is -0.326 e. The molecule has 5 nitrogen and oxygen atoms in total. The van der Waals surface area contributed by atoms with Crippen molar-refractivity contribution in [3.05, 3.63) is 24.3 Å². The zero-order chi connectivity index (χ0) is 14.5. The van der Waals surface area contributed by atoms with Crippen molar-refractivity contribution in [3.8, 4) is 0 Å². The summed E-state index contributed by atoms with van der Waals surface area (Å²) in [4.78, 5) is 25.0. The number of nitrogens with one attached hydrogen (secondary N) is 2. The lowest BCUT2D eigenvalue weighted by molar-refractivity contribution is -0.114. The van der Waals surface area contributed by atoms with E-state index in [0.29, 0.717) is 17.3 Å². The fourth-order valence-electron chi connectivity index (χ4n) is 2.45. The standard InChI is InChI=1S/C15H21N3O2/c1-11-5-4-8-18(10-11)15(20)17-14-7-3-6-13(9-14)16-12(2)19/h3,6-7,9,11H,4-5,8,10H2,1-2H3,(H,16,19)(H,17,20)/t11-/m1/s1. The average molecular weight is 275 g/mol. The minimum absolute atomic E-state index is 0.0727. The molecule has 3 amide bonds. The molecule has 5 heteroatoms. The molecule has 0 aromatic heterocycles. The van der Waals surface area contributed by atoms with E-state index in [2.05, 4.69) is 17.6 Å². The van der Waals surface area contributed by atoms with Crippen molar-refractivity contribution < 1.29 is 9.59 Å². The van der Waals surface area contributed by atoms with E-state index in [9.17, 15) is 9.59 Å². The summed E-state index contributed by atoms with van der Waals surface area (Å²) in [5.74, 6) is 0.429. The molecule has 20 heavy (non-hydrogen) atoms. The Morgan fingerprint density at radius 2 is 1.95 bits per heavy atom. The SMILES string of the molecule is CC(=O)Nc1cccc(NC(=O)N2CCC[C@@H](C)C2)c1. The lowest BCUT2D eigenvalue weighted by Crippen LogP contribution is -2.41. The van der Waals surface area contributed by atoms with Crippen molar-refractivity contribution in [2.75, 3.05) is 23.7 Å². The first-order valence-corrected chi connectivity index (χ1v) is 6.98. The number of benzene rings is 1. The summed E-state index contributed by atoms with van der Waals surface area (Å²) in [6, 6.07) is 7.10. The number of carbonyl (C=O) groups is 2. The summed E-state index contributed by atoms with van der Waals surface area (Å²) in [7, 11) is 0. The molecule has 0 spiro atoms. The van der Waals surface area contributed by atoms with Crippen LogP contribution in [0.4, 0.5) is 16.2 Å². The first kappa shape index (κ1) is 14.4. The van der Waals surface area contributed by atoms with E-state index >= 15 is 0 Å². The predicted molar refractivity (Wildman–Crippen MR) is 79.7 cm³/mol. The average Bonchev–Trinajstić information content (AvgIpc) is 2.38. The maximum absolute atomic E-state index is 12.2. The minimum atomic E-state index is -0.127. The molecule has 1 heterocycles. The summed E-state index contributed by atoms with van der Waals surface area (Å²) >= 11 is 0. The molecule has 2 N–H and O–H groups in total. The number of hydrogen-bond donors (Lipinski definition) is 2. The van der Waals surface area contributed by atoms with Gasteiger partial charge in [0, 0.05) is 31.4 Å². The Morgan fingerprint density at radius 3 is 2.60 bits per heavy atom. The Hall–Kier alpha value is -2.04. The highest BCUT2D eigenvalue weighted by atomic mass is 16.2. The predicted octanol–water partition coefficient (Wildman–Crippen LogP) is 2.91. The second-order valence-corrected chi connectivity index (χ2v) is 5.39. The van der Waals surface area contributed by atoms with Crippen LogP contribution in [-0.4, -0.2) is 29.9 Å². The van der Waals surface area contributed by atoms with Crippen LogP contribution in [-0.2, 0) is 4.79 Å². The topological polar surface area (TPSA) is 61.4 Å². The summed E-state index contributed by atoms with van der Waals surface area (Å²) < 4.78 is 0. The normalized spacial score (nSPS) is 18.5. The number of hydrogen-bond acceptors (Lipinski definition) is 2. The Kier molecular flexibility index (Phi) is 4.61. The molecule has 1 aromatic carbocycles. The zero-order valence-corrected chi connectivity index (χ0v) is 12.0. The van der Waals surface area contributed by atoms with Crippen molar-refractivity contribution in [2.24, 2.45) is 5.92 Å². The van der Waals surface area contributed by atoms with Gasteiger partial charge in [-0.2, -0.15) is 0 Å². The number of nitrogens with zero attached hydrogens (tertiary/aromatic N) is 1. The summed E-state index contributed by atoms with van der Waals surface area (Å²) in [5.41, 5.74) is 1.38. The second-order valence-electron chi connectivity index (χ2n) is 5.39. The first-order chi connectivity index (χ1) is 9.54. The number of likely N-dealkylation sites (tertiary alicyclic amines) is 1. The van der Waals surface area contributed by atoms with Gasteiger partial charge in [-0.3, -0.25) is 4.79 Å². The molecule has 0 unspecified atom stereocenters. The third-order valence-corrected chi connectivity index (χ3v) is 3.38. The van der Waals surface area contributed by atoms with Gasteiger partial charge in [-0.1, -0.05) is 13.0 Å². The summed E-state index contributed by atoms with van der Waals surface area (Å²) in [6.07, 6.45) is 2.24. The number of piperidine rings is 1. The highest BCUT2D eigenvalue weighted by Gasteiger charge is 2.20. The van der Waals surface area contributed by atoms with Crippen LogP contribution < -0.4 is 10.6 Å². The summed E-state index contributed by atoms with van der Waals surface area (Å²) in [5, 5.41) is 5.58. The van der Waals surface area contributed by atoms with Gasteiger partial charge in [0.2, 0.25) is 5.91 Å². The lowest BCUT2D eigenvalue weighted by Gasteiger charge is -2.30. The molecule has 0 radical (unpaired) electrons. The van der Waals surface area contributed by atoms with Gasteiger partial charge in [0.1, 0.15) is 0 Å². The van der Waals surface area contributed by atoms with Gasteiger partial charge in [0.25, 0.3) is 0 Å². The molecule has 2 rings (SSSR count). The molecular weight excluding hydrogens is 254 g/mol. The van der Waals surface area contributed by atoms with Crippen LogP contribution in [0.5, 0.6) is 0 Å². The maximum Gasteiger partial charge on any atom is 0.321 e. The van der Waals surface area contributed by atoms with Crippen molar-refractivity contribution in [1.29, 1.82) is 0 Å². The third kappa shape index (κ3) is 3.98. The molecule has 0 saturated carbocycles. The highest BCUT2D eigenvalue weighted by Crippen LogP contribution is 2.19. The van der Waals surface area contributed by atoms with Gasteiger partial charge < -0.3 is 15.5 Å². The lowest BCUT2D eigenvalue weighted by atomic mass is 10.0. The van der Waals surface area contributed by atoms with Crippen LogP contribution in [0.15, 0.2) is 24.3 Å². The van der Waals surface area contributed by atoms with Gasteiger partial charge >= 0.3 is 6.03 Å². The zero-order valence-electron chi connectivity index (χ0n) is 12.0. The molecule has 1 aliphatic rings. The highest BCUT2D eigenvalue weighted by molar-refractivity contribution is 5.92. The monoisotopic (exact) mass is 275 g/mol. The molecule has 1 aromatic rings. The van der Waals surface area contributed by atoms with Gasteiger partial charge in [0.05, 0.1) is 0 Å². The van der Waals surface area contributed by atoms with E-state index in [4.69, 9.17) is 0 Å². The Balaban J connectivity index is 1.98. The second kappa shape index (κ2) is 6.41. The molecule has 1 saturated heterocycles. The Labute approximate surface area is 119 Å². The molecule has 1 aliphatic heterocycles. The number of carbonyl (C=O) groups excluding carboxylic acids is 2. The van der Waals surface area contributed by atoms with Crippen LogP contribution in [0.1, 0.15) is 26.7 Å². The largest absolute Gasteiger partial charge is 0.326 e. The van der Waals surface area contributed by atoms with Crippen LogP contribution in [0.3, 0.4) is 0 Å². The van der Waals surface area contributed by atoms with E-state index in [0.717, 1.165) is 19.5 Å². The molecular formula is C15H21N3O2. The van der Waals surface area contributed by atoms with Gasteiger partial charge in [0.15, 0.2) is 0 Å². The number of urea groups is 1. The smallest absolute Gasteiger partial charge is 0.321 e. The third-order valence-electron chi connectivity index (χ3n) is 3.38. The van der Waals surface area contributed by atoms with E-state index in [1.165, 1.54) is 13.3 Å². The van der Waals surface area contributed by atoms with E-state index < -0.39 is 0 Å². The fourth-order valence-corrected chi connectivity index (χ4v) is 2.45. The van der Waals surface area contributed by atoms with E-state index in [1.807, 2.05) is 11.0 Å². The van der Waals surface area contributed by atoms with Crippen molar-refractivity contribution in [1.82, 2.24) is 4.90 Å². The van der Waals surface area contributed by atoms with E-state index in [-0.39, 0.29) is 11.9 Å².